The van der Waals surface area contributed by atoms with Crippen LogP contribution in [-0.4, -0.2) is 214 Å². The lowest BCUT2D eigenvalue weighted by Gasteiger charge is -2.24. The van der Waals surface area contributed by atoms with Gasteiger partial charge >= 0.3 is 0 Å². The Morgan fingerprint density at radius 2 is 0.541 bits per heavy atom. The van der Waals surface area contributed by atoms with Crippen LogP contribution in [0.25, 0.3) is 0 Å². The lowest BCUT2D eigenvalue weighted by Crippen LogP contribution is -2.52. The third-order valence-electron chi connectivity index (χ3n) is 20.3. The van der Waals surface area contributed by atoms with E-state index >= 15 is 0 Å². The molecule has 5 amide bonds. The molecule has 0 radical (unpaired) electrons. The van der Waals surface area contributed by atoms with Crippen LogP contribution in [0, 0.1) is 5.92 Å². The maximum atomic E-state index is 12.3. The fourth-order valence-electron chi connectivity index (χ4n) is 13.1. The highest BCUT2D eigenvalue weighted by Gasteiger charge is 2.35. The number of rotatable bonds is 79. The molecule has 21 N–H and O–H groups in total. The second-order valence-electron chi connectivity index (χ2n) is 30.7. The Kier molecular flexibility index (Phi) is 89.7. The molecule has 24 heteroatoms. The second-order valence-corrected chi connectivity index (χ2v) is 30.7. The molecule has 109 heavy (non-hydrogen) atoms. The van der Waals surface area contributed by atoms with E-state index in [1.165, 1.54) is 264 Å². The number of hydrogen-bond donors (Lipinski definition) is 19. The molecule has 0 saturated heterocycles. The van der Waals surface area contributed by atoms with Gasteiger partial charge in [0.15, 0.2) is 12.2 Å². The van der Waals surface area contributed by atoms with Crippen molar-refractivity contribution in [2.24, 2.45) is 17.4 Å². The third-order valence-corrected chi connectivity index (χ3v) is 20.3. The number of nitrogens with one attached hydrogen (secondary N) is 7. The number of carbonyl (C=O) groups excluding carboxylic acids is 5. The van der Waals surface area contributed by atoms with Crippen LogP contribution in [0.4, 0.5) is 0 Å². The number of unbranched alkanes of at least 4 members (excludes halogenated alkanes) is 47. The first kappa shape index (κ1) is 112. The van der Waals surface area contributed by atoms with Gasteiger partial charge in [0.2, 0.25) is 17.7 Å². The van der Waals surface area contributed by atoms with E-state index in [2.05, 4.69) is 51.1 Å². The minimum Gasteiger partial charge on any atom is -0.394 e. The third kappa shape index (κ3) is 77.2. The highest BCUT2D eigenvalue weighted by molar-refractivity contribution is 5.87. The monoisotopic (exact) mass is 1560 g/mol. The standard InChI is InChI=1S/2C30H61NO6.C24H51N7O3.CH4/c2*1-2-3-4-5-6-7-8-9-10-11-12-13-14-15-16-17-18-19-20-21-22-23-24-31-30(37)29(36)28(35)27(34)26(33)25-32;1-20(32)30-19-23(31-21(2)33)24(34)29-16-8-4-3-5-11-22(17-27-14-9-6-12-25)18-28-15-10-7-13-26;/h2*26-29,32-36H,2-25H2,1H3,(H,31,37);22-23,27-28H,3-19,25-26H2,1-2H3,(H,29,34)(H,30,32)(H,31,33);1H4/t2*26-,27+,28-,29+;;/m10../s1. The number of amides is 5. The van der Waals surface area contributed by atoms with Gasteiger partial charge in [-0.1, -0.05) is 310 Å². The molecule has 24 nitrogen and oxygen atoms in total. The van der Waals surface area contributed by atoms with Gasteiger partial charge in [0, 0.05) is 40.0 Å². The molecule has 0 aromatic rings. The molecule has 0 rings (SSSR count). The lowest BCUT2D eigenvalue weighted by atomic mass is 10.00. The first-order valence-corrected chi connectivity index (χ1v) is 44.1. The summed E-state index contributed by atoms with van der Waals surface area (Å²) in [5, 5.41) is 114. The zero-order valence-electron chi connectivity index (χ0n) is 69.4. The molecule has 0 aromatic carbocycles. The van der Waals surface area contributed by atoms with Gasteiger partial charge in [-0.25, -0.2) is 0 Å². The maximum Gasteiger partial charge on any atom is 0.251 e. The largest absolute Gasteiger partial charge is 0.394 e. The van der Waals surface area contributed by atoms with Gasteiger partial charge in [-0.3, -0.25) is 24.0 Å². The van der Waals surface area contributed by atoms with Crippen LogP contribution in [-0.2, 0) is 24.0 Å². The van der Waals surface area contributed by atoms with E-state index in [9.17, 15) is 64.8 Å². The van der Waals surface area contributed by atoms with Crippen molar-refractivity contribution in [3.8, 4) is 0 Å². The van der Waals surface area contributed by atoms with Crippen molar-refractivity contribution in [3.63, 3.8) is 0 Å². The van der Waals surface area contributed by atoms with Crippen molar-refractivity contribution in [2.45, 2.75) is 430 Å². The molecule has 0 fully saturated rings. The van der Waals surface area contributed by atoms with Gasteiger partial charge < -0.3 is 99.8 Å². The summed E-state index contributed by atoms with van der Waals surface area (Å²) in [6.07, 6.45) is 53.6. The minimum atomic E-state index is -1.85. The number of aliphatic hydroxyl groups excluding tert-OH is 10. The fourth-order valence-corrected chi connectivity index (χ4v) is 13.1. The summed E-state index contributed by atoms with van der Waals surface area (Å²) in [5.74, 6) is -1.80. The molecule has 0 aliphatic carbocycles. The molecule has 0 saturated carbocycles. The van der Waals surface area contributed by atoms with Gasteiger partial charge in [-0.2, -0.15) is 0 Å². The Bertz CT molecular complexity index is 1850. The quantitative estimate of drug-likeness (QED) is 0.0252. The summed E-state index contributed by atoms with van der Waals surface area (Å²) in [7, 11) is 0. The van der Waals surface area contributed by atoms with Crippen LogP contribution < -0.4 is 48.7 Å². The van der Waals surface area contributed by atoms with Crippen molar-refractivity contribution in [1.29, 1.82) is 0 Å². The number of aliphatic hydroxyl groups is 10. The number of carbonyl (C=O) groups is 5. The molecular weight excluding hydrogens is 1390 g/mol. The zero-order chi connectivity index (χ0) is 80.6. The topological polar surface area (TPSA) is 424 Å². The molecule has 0 heterocycles. The predicted octanol–water partition coefficient (Wildman–Crippen LogP) is 10.9. The van der Waals surface area contributed by atoms with E-state index in [0.29, 0.717) is 25.6 Å². The van der Waals surface area contributed by atoms with Crippen LogP contribution in [0.5, 0.6) is 0 Å². The molecule has 0 aliphatic heterocycles. The number of hydrogen-bond acceptors (Lipinski definition) is 19. The van der Waals surface area contributed by atoms with Crippen molar-refractivity contribution < 1.29 is 75.0 Å². The molecule has 0 aromatic heterocycles. The summed E-state index contributed by atoms with van der Waals surface area (Å²) < 4.78 is 0. The molecule has 0 bridgehead atoms. The Hall–Kier alpha value is -3.21. The molecule has 652 valence electrons. The minimum absolute atomic E-state index is 0. The molecule has 0 spiro atoms. The smallest absolute Gasteiger partial charge is 0.251 e. The molecule has 1 unspecified atom stereocenters. The highest BCUT2D eigenvalue weighted by atomic mass is 16.4. The predicted molar refractivity (Wildman–Crippen MR) is 448 cm³/mol. The molecule has 0 aliphatic rings. The fraction of sp³-hybridized carbons (Fsp3) is 0.941. The Morgan fingerprint density at radius 3 is 0.789 bits per heavy atom. The summed E-state index contributed by atoms with van der Waals surface area (Å²) >= 11 is 0. The maximum absolute atomic E-state index is 12.3. The summed E-state index contributed by atoms with van der Waals surface area (Å²) in [6, 6.07) is -0.753. The van der Waals surface area contributed by atoms with Crippen molar-refractivity contribution in [1.82, 2.24) is 37.2 Å². The number of nitrogens with two attached hydrogens (primary N) is 2. The molecular formula is C85H177N9O15. The highest BCUT2D eigenvalue weighted by Crippen LogP contribution is 2.19. The van der Waals surface area contributed by atoms with Crippen molar-refractivity contribution in [2.75, 3.05) is 78.7 Å². The van der Waals surface area contributed by atoms with Gasteiger partial charge in [-0.15, -0.1) is 0 Å². The van der Waals surface area contributed by atoms with E-state index in [0.717, 1.165) is 129 Å². The Balaban J connectivity index is -0.000000756. The van der Waals surface area contributed by atoms with Crippen molar-refractivity contribution >= 4 is 29.5 Å². The van der Waals surface area contributed by atoms with Gasteiger partial charge in [0.25, 0.3) is 11.8 Å². The van der Waals surface area contributed by atoms with Gasteiger partial charge in [-0.05, 0) is 96.6 Å². The van der Waals surface area contributed by atoms with Crippen LogP contribution in [0.2, 0.25) is 0 Å². The van der Waals surface area contributed by atoms with Gasteiger partial charge in [0.1, 0.15) is 42.7 Å². The normalized spacial score (nSPS) is 13.8. The van der Waals surface area contributed by atoms with Crippen LogP contribution in [0.3, 0.4) is 0 Å². The average Bonchev–Trinajstić information content (AvgIpc) is 0.888. The van der Waals surface area contributed by atoms with Crippen LogP contribution >= 0.6 is 0 Å². The lowest BCUT2D eigenvalue weighted by molar-refractivity contribution is -0.149. The zero-order valence-corrected chi connectivity index (χ0v) is 69.4. The first-order valence-electron chi connectivity index (χ1n) is 44.1. The summed E-state index contributed by atoms with van der Waals surface area (Å²) in [5.41, 5.74) is 11.1. The second kappa shape index (κ2) is 87.2. The van der Waals surface area contributed by atoms with Crippen LogP contribution in [0.15, 0.2) is 0 Å². The molecule has 9 atom stereocenters. The van der Waals surface area contributed by atoms with E-state index in [-0.39, 0.29) is 31.7 Å². The van der Waals surface area contributed by atoms with E-state index in [4.69, 9.17) is 21.7 Å². The van der Waals surface area contributed by atoms with Crippen LogP contribution in [0.1, 0.15) is 375 Å². The van der Waals surface area contributed by atoms with Gasteiger partial charge in [0.05, 0.1) is 13.2 Å². The SMILES string of the molecule is C.CC(=O)NCC(NC(C)=O)C(=O)NCCCCCCC(CNCCCCN)CNCCCCN.CCCCCCCCCCCCCCCCCCCCCCCCNC(=O)[C@@H](O)[C@H](O)[C@@H](O)[C@H](O)CO.CCCCCCCCCCCCCCCCCCCCCCCCNC(=O)[C@H](O)[C@@H](O)[C@H](O)[C@@H](O)CO. The first-order chi connectivity index (χ1) is 52.3. The summed E-state index contributed by atoms with van der Waals surface area (Å²) in [4.78, 5) is 58.4. The van der Waals surface area contributed by atoms with E-state index in [1.54, 1.807) is 0 Å². The Labute approximate surface area is 665 Å². The summed E-state index contributed by atoms with van der Waals surface area (Å²) in [6.45, 7) is 12.7. The average molecular weight is 1570 g/mol. The Morgan fingerprint density at radius 1 is 0.294 bits per heavy atom. The van der Waals surface area contributed by atoms with E-state index < -0.39 is 79.9 Å². The van der Waals surface area contributed by atoms with E-state index in [1.807, 2.05) is 0 Å². The van der Waals surface area contributed by atoms with Crippen molar-refractivity contribution in [3.05, 3.63) is 0 Å².